The molecule has 0 bridgehead atoms. The Morgan fingerprint density at radius 1 is 1.38 bits per heavy atom. The molecule has 1 fully saturated rings. The zero-order chi connectivity index (χ0) is 11.4. The number of ether oxygens (including phenoxy) is 1. The smallest absolute Gasteiger partial charge is 0.139 e. The molecule has 2 rings (SSSR count). The van der Waals surface area contributed by atoms with Crippen LogP contribution in [0.4, 0.5) is 0 Å². The molecule has 16 heavy (non-hydrogen) atoms. The van der Waals surface area contributed by atoms with Gasteiger partial charge in [0.05, 0.1) is 12.5 Å². The Morgan fingerprint density at radius 2 is 2.25 bits per heavy atom. The largest absolute Gasteiger partial charge is 0.493 e. The van der Waals surface area contributed by atoms with Crippen molar-refractivity contribution in [1.29, 1.82) is 0 Å². The van der Waals surface area contributed by atoms with Gasteiger partial charge in [0.15, 0.2) is 0 Å². The van der Waals surface area contributed by atoms with Gasteiger partial charge >= 0.3 is 0 Å². The summed E-state index contributed by atoms with van der Waals surface area (Å²) < 4.78 is 5.68. The van der Waals surface area contributed by atoms with Gasteiger partial charge in [0.2, 0.25) is 0 Å². The molecule has 2 nitrogen and oxygen atoms in total. The molecule has 1 saturated carbocycles. The second-order valence-corrected chi connectivity index (χ2v) is 4.54. The first-order chi connectivity index (χ1) is 7.75. The predicted octanol–water partition coefficient (Wildman–Crippen LogP) is 3.13. The Hall–Kier alpha value is -1.31. The van der Waals surface area contributed by atoms with Crippen molar-refractivity contribution in [2.45, 2.75) is 32.6 Å². The van der Waals surface area contributed by atoms with E-state index in [0.29, 0.717) is 12.4 Å². The van der Waals surface area contributed by atoms with Crippen molar-refractivity contribution in [2.75, 3.05) is 6.61 Å². The molecule has 0 spiro atoms. The lowest BCUT2D eigenvalue weighted by Gasteiger charge is -2.20. The fourth-order valence-electron chi connectivity index (χ4n) is 2.13. The molecule has 1 atom stereocenters. The van der Waals surface area contributed by atoms with Crippen molar-refractivity contribution in [3.05, 3.63) is 29.8 Å². The van der Waals surface area contributed by atoms with Crippen molar-refractivity contribution in [3.8, 4) is 5.75 Å². The van der Waals surface area contributed by atoms with Crippen LogP contribution in [0.15, 0.2) is 24.3 Å². The van der Waals surface area contributed by atoms with Gasteiger partial charge < -0.3 is 4.74 Å². The predicted molar refractivity (Wildman–Crippen MR) is 63.6 cm³/mol. The van der Waals surface area contributed by atoms with Gasteiger partial charge in [-0.15, -0.1) is 0 Å². The Bertz CT molecular complexity index is 371. The topological polar surface area (TPSA) is 26.3 Å². The minimum atomic E-state index is 0.120. The quantitative estimate of drug-likeness (QED) is 0.779. The summed E-state index contributed by atoms with van der Waals surface area (Å²) in [4.78, 5) is 11.6. The molecule has 1 aliphatic carbocycles. The molecule has 1 unspecified atom stereocenters. The molecule has 0 radical (unpaired) electrons. The van der Waals surface area contributed by atoms with Crippen LogP contribution in [-0.4, -0.2) is 12.4 Å². The lowest BCUT2D eigenvalue weighted by Crippen LogP contribution is -2.25. The van der Waals surface area contributed by atoms with Gasteiger partial charge in [-0.2, -0.15) is 0 Å². The summed E-state index contributed by atoms with van der Waals surface area (Å²) in [6, 6.07) is 7.97. The first-order valence-electron chi connectivity index (χ1n) is 5.98. The Labute approximate surface area is 96.6 Å². The molecular formula is C14H18O2. The highest BCUT2D eigenvalue weighted by molar-refractivity contribution is 5.81. The van der Waals surface area contributed by atoms with E-state index in [1.54, 1.807) is 0 Å². The van der Waals surface area contributed by atoms with Gasteiger partial charge in [-0.05, 0) is 37.5 Å². The average Bonchev–Trinajstić information content (AvgIpc) is 2.28. The number of rotatable bonds is 3. The summed E-state index contributed by atoms with van der Waals surface area (Å²) in [5, 5.41) is 0. The van der Waals surface area contributed by atoms with E-state index in [9.17, 15) is 4.79 Å². The van der Waals surface area contributed by atoms with E-state index in [1.165, 1.54) is 5.56 Å². The van der Waals surface area contributed by atoms with Gasteiger partial charge in [0, 0.05) is 6.42 Å². The van der Waals surface area contributed by atoms with Crippen LogP contribution in [0.3, 0.4) is 0 Å². The summed E-state index contributed by atoms with van der Waals surface area (Å²) in [5.74, 6) is 1.37. The highest BCUT2D eigenvalue weighted by Crippen LogP contribution is 2.22. The first-order valence-corrected chi connectivity index (χ1v) is 5.98. The van der Waals surface area contributed by atoms with E-state index in [0.717, 1.165) is 31.4 Å². The van der Waals surface area contributed by atoms with E-state index >= 15 is 0 Å². The third-order valence-corrected chi connectivity index (χ3v) is 3.12. The summed E-state index contributed by atoms with van der Waals surface area (Å²) in [5.41, 5.74) is 1.19. The number of hydrogen-bond donors (Lipinski definition) is 0. The number of benzene rings is 1. The Morgan fingerprint density at radius 3 is 3.00 bits per heavy atom. The molecule has 0 aliphatic heterocycles. The van der Waals surface area contributed by atoms with Gasteiger partial charge in [-0.25, -0.2) is 0 Å². The van der Waals surface area contributed by atoms with E-state index in [-0.39, 0.29) is 5.92 Å². The number of hydrogen-bond acceptors (Lipinski definition) is 2. The molecule has 1 aliphatic rings. The maximum Gasteiger partial charge on any atom is 0.139 e. The maximum absolute atomic E-state index is 11.6. The van der Waals surface area contributed by atoms with Crippen LogP contribution in [0.2, 0.25) is 0 Å². The Balaban J connectivity index is 1.89. The molecule has 2 heteroatoms. The van der Waals surface area contributed by atoms with Crippen molar-refractivity contribution in [3.63, 3.8) is 0 Å². The SMILES string of the molecule is Cc1cccc(OCC2CCCCC2=O)c1. The number of carbonyl (C=O) groups is 1. The molecule has 0 aromatic heterocycles. The second-order valence-electron chi connectivity index (χ2n) is 4.54. The van der Waals surface area contributed by atoms with E-state index in [4.69, 9.17) is 4.74 Å². The number of carbonyl (C=O) groups excluding carboxylic acids is 1. The third-order valence-electron chi connectivity index (χ3n) is 3.12. The minimum Gasteiger partial charge on any atom is -0.493 e. The molecular weight excluding hydrogens is 200 g/mol. The van der Waals surface area contributed by atoms with Crippen molar-refractivity contribution >= 4 is 5.78 Å². The summed E-state index contributed by atoms with van der Waals surface area (Å²) in [6.45, 7) is 2.58. The van der Waals surface area contributed by atoms with Crippen LogP contribution in [0, 0.1) is 12.8 Å². The van der Waals surface area contributed by atoms with Gasteiger partial charge in [-0.1, -0.05) is 18.6 Å². The number of ketones is 1. The van der Waals surface area contributed by atoms with Gasteiger partial charge in [-0.3, -0.25) is 4.79 Å². The fourth-order valence-corrected chi connectivity index (χ4v) is 2.13. The maximum atomic E-state index is 11.6. The summed E-state index contributed by atoms with van der Waals surface area (Å²) in [7, 11) is 0. The van der Waals surface area contributed by atoms with E-state index in [1.807, 2.05) is 31.2 Å². The number of Topliss-reactive ketones (excluding diaryl/α,β-unsaturated/α-hetero) is 1. The molecule has 0 heterocycles. The third kappa shape index (κ3) is 2.84. The molecule has 0 saturated heterocycles. The summed E-state index contributed by atoms with van der Waals surface area (Å²) in [6.07, 6.45) is 3.94. The zero-order valence-corrected chi connectivity index (χ0v) is 9.74. The number of aryl methyl sites for hydroxylation is 1. The van der Waals surface area contributed by atoms with Crippen LogP contribution in [-0.2, 0) is 4.79 Å². The van der Waals surface area contributed by atoms with Gasteiger partial charge in [0.25, 0.3) is 0 Å². The second kappa shape index (κ2) is 5.15. The molecule has 0 N–H and O–H groups in total. The van der Waals surface area contributed by atoms with Crippen LogP contribution >= 0.6 is 0 Å². The average molecular weight is 218 g/mol. The molecule has 1 aromatic rings. The standard InChI is InChI=1S/C14H18O2/c1-11-5-4-7-13(9-11)16-10-12-6-2-3-8-14(12)15/h4-5,7,9,12H,2-3,6,8,10H2,1H3. The highest BCUT2D eigenvalue weighted by Gasteiger charge is 2.22. The van der Waals surface area contributed by atoms with Crippen LogP contribution in [0.1, 0.15) is 31.2 Å². The highest BCUT2D eigenvalue weighted by atomic mass is 16.5. The van der Waals surface area contributed by atoms with Crippen LogP contribution in [0.25, 0.3) is 0 Å². The molecule has 86 valence electrons. The monoisotopic (exact) mass is 218 g/mol. The van der Waals surface area contributed by atoms with E-state index < -0.39 is 0 Å². The van der Waals surface area contributed by atoms with Crippen LogP contribution < -0.4 is 4.74 Å². The lowest BCUT2D eigenvalue weighted by atomic mass is 9.89. The van der Waals surface area contributed by atoms with Crippen molar-refractivity contribution in [1.82, 2.24) is 0 Å². The van der Waals surface area contributed by atoms with Crippen molar-refractivity contribution < 1.29 is 9.53 Å². The Kier molecular flexibility index (Phi) is 3.60. The molecule has 1 aromatic carbocycles. The lowest BCUT2D eigenvalue weighted by molar-refractivity contribution is -0.125. The normalized spacial score (nSPS) is 20.8. The molecule has 0 amide bonds. The van der Waals surface area contributed by atoms with Crippen LogP contribution in [0.5, 0.6) is 5.75 Å². The minimum absolute atomic E-state index is 0.120. The van der Waals surface area contributed by atoms with Gasteiger partial charge in [0.1, 0.15) is 11.5 Å². The fraction of sp³-hybridized carbons (Fsp3) is 0.500. The summed E-state index contributed by atoms with van der Waals surface area (Å²) >= 11 is 0. The van der Waals surface area contributed by atoms with Crippen molar-refractivity contribution in [2.24, 2.45) is 5.92 Å². The van der Waals surface area contributed by atoms with E-state index in [2.05, 4.69) is 0 Å². The first kappa shape index (κ1) is 11.2. The zero-order valence-electron chi connectivity index (χ0n) is 9.74.